The second-order valence-corrected chi connectivity index (χ2v) is 4.06. The molecular formula is C15H16N2O2. The van der Waals surface area contributed by atoms with Crippen molar-refractivity contribution in [2.75, 3.05) is 14.2 Å². The van der Waals surface area contributed by atoms with Gasteiger partial charge >= 0.3 is 0 Å². The summed E-state index contributed by atoms with van der Waals surface area (Å²) < 4.78 is 10.5. The highest BCUT2D eigenvalue weighted by Gasteiger charge is 2.07. The van der Waals surface area contributed by atoms with Crippen LogP contribution in [-0.2, 0) is 6.42 Å². The normalized spacial score (nSPS) is 9.11. The molecule has 0 spiro atoms. The van der Waals surface area contributed by atoms with Gasteiger partial charge in [-0.05, 0) is 49.1 Å². The van der Waals surface area contributed by atoms with Crippen LogP contribution in [0.5, 0.6) is 11.5 Å². The SMILES string of the molecule is COc1ccc(OC)c(CCC(C)=C(C#N)C#N)c1. The summed E-state index contributed by atoms with van der Waals surface area (Å²) in [6, 6.07) is 9.39. The Balaban J connectivity index is 2.92. The van der Waals surface area contributed by atoms with E-state index in [1.54, 1.807) is 21.1 Å². The van der Waals surface area contributed by atoms with Crippen LogP contribution in [-0.4, -0.2) is 14.2 Å². The Morgan fingerprint density at radius 3 is 2.37 bits per heavy atom. The van der Waals surface area contributed by atoms with Gasteiger partial charge in [0.1, 0.15) is 29.2 Å². The molecule has 1 rings (SSSR count). The van der Waals surface area contributed by atoms with Gasteiger partial charge in [-0.25, -0.2) is 0 Å². The smallest absolute Gasteiger partial charge is 0.128 e. The van der Waals surface area contributed by atoms with Gasteiger partial charge in [-0.2, -0.15) is 10.5 Å². The Labute approximate surface area is 113 Å². The molecule has 0 N–H and O–H groups in total. The molecule has 0 unspecified atom stereocenters. The number of hydrogen-bond donors (Lipinski definition) is 0. The average Bonchev–Trinajstić information content (AvgIpc) is 2.45. The minimum atomic E-state index is 0.182. The first-order chi connectivity index (χ1) is 9.15. The molecule has 0 aromatic heterocycles. The predicted molar refractivity (Wildman–Crippen MR) is 71.8 cm³/mol. The number of aryl methyl sites for hydroxylation is 1. The summed E-state index contributed by atoms with van der Waals surface area (Å²) in [5.74, 6) is 1.54. The third-order valence-corrected chi connectivity index (χ3v) is 2.91. The largest absolute Gasteiger partial charge is 0.497 e. The van der Waals surface area contributed by atoms with Crippen LogP contribution in [0.4, 0.5) is 0 Å². The quantitative estimate of drug-likeness (QED) is 0.759. The number of allylic oxidation sites excluding steroid dienone is 2. The minimum Gasteiger partial charge on any atom is -0.497 e. The first kappa shape index (κ1) is 14.6. The molecule has 0 aliphatic heterocycles. The first-order valence-corrected chi connectivity index (χ1v) is 5.87. The number of hydrogen-bond acceptors (Lipinski definition) is 4. The van der Waals surface area contributed by atoms with Crippen molar-refractivity contribution in [2.24, 2.45) is 0 Å². The van der Waals surface area contributed by atoms with E-state index in [1.807, 2.05) is 30.3 Å². The molecule has 0 heterocycles. The summed E-state index contributed by atoms with van der Waals surface area (Å²) in [5.41, 5.74) is 1.97. The van der Waals surface area contributed by atoms with Crippen LogP contribution < -0.4 is 9.47 Å². The highest BCUT2D eigenvalue weighted by atomic mass is 16.5. The summed E-state index contributed by atoms with van der Waals surface area (Å²) >= 11 is 0. The maximum absolute atomic E-state index is 8.80. The second-order valence-electron chi connectivity index (χ2n) is 4.06. The van der Waals surface area contributed by atoms with Gasteiger partial charge in [-0.1, -0.05) is 0 Å². The molecule has 0 aliphatic rings. The lowest BCUT2D eigenvalue weighted by molar-refractivity contribution is 0.398. The number of nitrogens with zero attached hydrogens (tertiary/aromatic N) is 2. The van der Waals surface area contributed by atoms with Crippen molar-refractivity contribution >= 4 is 0 Å². The number of methoxy groups -OCH3 is 2. The Kier molecular flexibility index (Phi) is 5.44. The van der Waals surface area contributed by atoms with Crippen molar-refractivity contribution in [1.29, 1.82) is 10.5 Å². The van der Waals surface area contributed by atoms with E-state index in [1.165, 1.54) is 0 Å². The number of benzene rings is 1. The van der Waals surface area contributed by atoms with Crippen LogP contribution in [0.1, 0.15) is 18.9 Å². The number of rotatable bonds is 5. The van der Waals surface area contributed by atoms with Crippen LogP contribution in [0.3, 0.4) is 0 Å². The lowest BCUT2D eigenvalue weighted by Gasteiger charge is -2.10. The summed E-state index contributed by atoms with van der Waals surface area (Å²) in [5, 5.41) is 17.6. The van der Waals surface area contributed by atoms with Gasteiger partial charge in [0.05, 0.1) is 14.2 Å². The van der Waals surface area contributed by atoms with Crippen LogP contribution in [0, 0.1) is 22.7 Å². The molecule has 4 nitrogen and oxygen atoms in total. The molecule has 0 saturated carbocycles. The Bertz CT molecular complexity index is 546. The molecule has 0 bridgehead atoms. The van der Waals surface area contributed by atoms with Crippen molar-refractivity contribution in [2.45, 2.75) is 19.8 Å². The van der Waals surface area contributed by atoms with Gasteiger partial charge in [-0.15, -0.1) is 0 Å². The fourth-order valence-corrected chi connectivity index (χ4v) is 1.74. The van der Waals surface area contributed by atoms with E-state index >= 15 is 0 Å². The summed E-state index contributed by atoms with van der Waals surface area (Å²) in [6.07, 6.45) is 1.33. The molecular weight excluding hydrogens is 240 g/mol. The second kappa shape index (κ2) is 7.08. The van der Waals surface area contributed by atoms with Crippen molar-refractivity contribution < 1.29 is 9.47 Å². The van der Waals surface area contributed by atoms with Crippen molar-refractivity contribution in [3.8, 4) is 23.6 Å². The molecule has 1 aromatic carbocycles. The monoisotopic (exact) mass is 256 g/mol. The molecule has 0 atom stereocenters. The third kappa shape index (κ3) is 3.76. The van der Waals surface area contributed by atoms with E-state index in [0.717, 1.165) is 22.6 Å². The Morgan fingerprint density at radius 1 is 1.16 bits per heavy atom. The maximum Gasteiger partial charge on any atom is 0.128 e. The Hall–Kier alpha value is -2.46. The average molecular weight is 256 g/mol. The predicted octanol–water partition coefficient (Wildman–Crippen LogP) is 3.00. The van der Waals surface area contributed by atoms with Crippen LogP contribution in [0.15, 0.2) is 29.3 Å². The number of ether oxygens (including phenoxy) is 2. The van der Waals surface area contributed by atoms with Crippen molar-refractivity contribution in [1.82, 2.24) is 0 Å². The lowest BCUT2D eigenvalue weighted by atomic mass is 10.0. The maximum atomic E-state index is 8.80. The first-order valence-electron chi connectivity index (χ1n) is 5.87. The van der Waals surface area contributed by atoms with E-state index in [4.69, 9.17) is 20.0 Å². The third-order valence-electron chi connectivity index (χ3n) is 2.91. The zero-order valence-electron chi connectivity index (χ0n) is 11.4. The molecule has 0 aliphatic carbocycles. The van der Waals surface area contributed by atoms with Crippen LogP contribution >= 0.6 is 0 Å². The van der Waals surface area contributed by atoms with E-state index in [0.29, 0.717) is 12.8 Å². The minimum absolute atomic E-state index is 0.182. The molecule has 19 heavy (non-hydrogen) atoms. The van der Waals surface area contributed by atoms with Crippen LogP contribution in [0.25, 0.3) is 0 Å². The van der Waals surface area contributed by atoms with Gasteiger partial charge in [0.25, 0.3) is 0 Å². The van der Waals surface area contributed by atoms with Gasteiger partial charge < -0.3 is 9.47 Å². The fraction of sp³-hybridized carbons (Fsp3) is 0.333. The lowest BCUT2D eigenvalue weighted by Crippen LogP contribution is -1.95. The van der Waals surface area contributed by atoms with Crippen molar-refractivity contribution in [3.63, 3.8) is 0 Å². The van der Waals surface area contributed by atoms with Crippen LogP contribution in [0.2, 0.25) is 0 Å². The Morgan fingerprint density at radius 2 is 1.84 bits per heavy atom. The summed E-state index contributed by atoms with van der Waals surface area (Å²) in [7, 11) is 3.23. The standard InChI is InChI=1S/C15H16N2O2/c1-11(13(9-16)10-17)4-5-12-8-14(18-2)6-7-15(12)19-3/h6-8H,4-5H2,1-3H3. The van der Waals surface area contributed by atoms with Crippen molar-refractivity contribution in [3.05, 3.63) is 34.9 Å². The molecule has 1 aromatic rings. The van der Waals surface area contributed by atoms with Gasteiger partial charge in [-0.3, -0.25) is 0 Å². The van der Waals surface area contributed by atoms with E-state index in [2.05, 4.69) is 0 Å². The zero-order chi connectivity index (χ0) is 14.3. The zero-order valence-corrected chi connectivity index (χ0v) is 11.4. The van der Waals surface area contributed by atoms with Gasteiger partial charge in [0.15, 0.2) is 0 Å². The van der Waals surface area contributed by atoms with E-state index in [-0.39, 0.29) is 5.57 Å². The van der Waals surface area contributed by atoms with Gasteiger partial charge in [0.2, 0.25) is 0 Å². The molecule has 0 saturated heterocycles. The fourth-order valence-electron chi connectivity index (χ4n) is 1.74. The van der Waals surface area contributed by atoms with E-state index in [9.17, 15) is 0 Å². The summed E-state index contributed by atoms with van der Waals surface area (Å²) in [4.78, 5) is 0. The molecule has 0 radical (unpaired) electrons. The highest BCUT2D eigenvalue weighted by Crippen LogP contribution is 2.26. The van der Waals surface area contributed by atoms with E-state index < -0.39 is 0 Å². The molecule has 4 heteroatoms. The topological polar surface area (TPSA) is 66.0 Å². The summed E-state index contributed by atoms with van der Waals surface area (Å²) in [6.45, 7) is 1.80. The number of nitriles is 2. The molecule has 0 fully saturated rings. The van der Waals surface area contributed by atoms with Gasteiger partial charge in [0, 0.05) is 0 Å². The highest BCUT2D eigenvalue weighted by molar-refractivity contribution is 5.42. The molecule has 0 amide bonds. The molecule has 98 valence electrons.